The summed E-state index contributed by atoms with van der Waals surface area (Å²) in [7, 11) is 0.451. The molecule has 3 nitrogen and oxygen atoms in total. The average molecular weight is 331 g/mol. The van der Waals surface area contributed by atoms with Gasteiger partial charge in [-0.1, -0.05) is 19.9 Å². The van der Waals surface area contributed by atoms with Crippen LogP contribution < -0.4 is 9.47 Å². The molecule has 108 valence electrons. The Kier molecular flexibility index (Phi) is 7.73. The third-order valence-corrected chi connectivity index (χ3v) is 4.57. The van der Waals surface area contributed by atoms with Crippen molar-refractivity contribution in [3.63, 3.8) is 0 Å². The number of hydrogen-bond acceptors (Lipinski definition) is 3. The number of halogens is 2. The van der Waals surface area contributed by atoms with E-state index in [2.05, 4.69) is 13.5 Å². The predicted octanol–water partition coefficient (Wildman–Crippen LogP) is 3.82. The van der Waals surface area contributed by atoms with Crippen LogP contribution >= 0.6 is 23.2 Å². The molecule has 1 atom stereocenters. The summed E-state index contributed by atoms with van der Waals surface area (Å²) in [6, 6.07) is 6.85. The van der Waals surface area contributed by atoms with Crippen molar-refractivity contribution in [3.8, 4) is 11.5 Å². The number of ether oxygens (including phenoxy) is 2. The van der Waals surface area contributed by atoms with E-state index in [0.29, 0.717) is 33.2 Å². The number of rotatable bonds is 8. The van der Waals surface area contributed by atoms with Crippen molar-refractivity contribution in [1.82, 2.24) is 0 Å². The molecule has 1 rings (SSSR count). The van der Waals surface area contributed by atoms with Crippen LogP contribution in [-0.4, -0.2) is 26.6 Å². The van der Waals surface area contributed by atoms with E-state index in [1.54, 1.807) is 24.3 Å². The van der Waals surface area contributed by atoms with E-state index in [9.17, 15) is 4.79 Å². The number of esters is 1. The van der Waals surface area contributed by atoms with E-state index < -0.39 is 5.97 Å². The third-order valence-electron chi connectivity index (χ3n) is 2.51. The Morgan fingerprint density at radius 1 is 1.35 bits per heavy atom. The van der Waals surface area contributed by atoms with Crippen molar-refractivity contribution in [2.75, 3.05) is 6.61 Å². The summed E-state index contributed by atoms with van der Waals surface area (Å²) in [6.07, 6.45) is 2.08. The monoisotopic (exact) mass is 330 g/mol. The van der Waals surface area contributed by atoms with Gasteiger partial charge in [0.15, 0.2) is 0 Å². The van der Waals surface area contributed by atoms with E-state index in [1.807, 2.05) is 0 Å². The second kappa shape index (κ2) is 9.05. The van der Waals surface area contributed by atoms with E-state index >= 15 is 0 Å². The molecule has 0 saturated heterocycles. The summed E-state index contributed by atoms with van der Waals surface area (Å²) in [5.74, 6) is 0.686. The minimum atomic E-state index is -0.485. The van der Waals surface area contributed by atoms with Crippen LogP contribution in [0.2, 0.25) is 5.54 Å². The van der Waals surface area contributed by atoms with Gasteiger partial charge in [-0.3, -0.25) is 0 Å². The second-order valence-corrected chi connectivity index (χ2v) is 7.54. The highest BCUT2D eigenvalue weighted by molar-refractivity contribution is 6.69. The van der Waals surface area contributed by atoms with E-state index in [1.165, 1.54) is 0 Å². The Labute approximate surface area is 131 Å². The van der Waals surface area contributed by atoms with E-state index in [-0.39, 0.29) is 4.46 Å². The van der Waals surface area contributed by atoms with Crippen LogP contribution in [0, 0.1) is 0 Å². The van der Waals surface area contributed by atoms with Crippen LogP contribution in [0.4, 0.5) is 0 Å². The highest BCUT2D eigenvalue weighted by Gasteiger charge is 2.13. The number of alkyl halides is 2. The minimum absolute atomic E-state index is 0.341. The number of carbonyl (C=O) groups excluding carboxylic acids is 1. The van der Waals surface area contributed by atoms with Gasteiger partial charge in [-0.05, 0) is 29.8 Å². The fraction of sp³-hybridized carbons (Fsp3) is 0.357. The Hall–Kier alpha value is -0.973. The quantitative estimate of drug-likeness (QED) is 0.239. The Morgan fingerprint density at radius 3 is 2.45 bits per heavy atom. The zero-order valence-electron chi connectivity index (χ0n) is 11.1. The van der Waals surface area contributed by atoms with Crippen molar-refractivity contribution < 1.29 is 14.3 Å². The van der Waals surface area contributed by atoms with Crippen molar-refractivity contribution in [1.29, 1.82) is 0 Å². The molecular weight excluding hydrogens is 315 g/mol. The highest BCUT2D eigenvalue weighted by Crippen LogP contribution is 2.21. The molecule has 0 aliphatic heterocycles. The lowest BCUT2D eigenvalue weighted by Crippen LogP contribution is -2.17. The predicted molar refractivity (Wildman–Crippen MR) is 83.1 cm³/mol. The van der Waals surface area contributed by atoms with Gasteiger partial charge >= 0.3 is 5.97 Å². The zero-order valence-corrected chi connectivity index (χ0v) is 13.7. The van der Waals surface area contributed by atoms with Crippen LogP contribution in [0.25, 0.3) is 0 Å². The van der Waals surface area contributed by atoms with Gasteiger partial charge in [0.2, 0.25) is 0 Å². The maximum atomic E-state index is 11.0. The molecule has 0 aliphatic carbocycles. The summed E-state index contributed by atoms with van der Waals surface area (Å²) in [5.41, 5.74) is 0.341. The van der Waals surface area contributed by atoms with Gasteiger partial charge in [0.1, 0.15) is 11.5 Å². The highest BCUT2D eigenvalue weighted by atomic mass is 35.5. The second-order valence-electron chi connectivity index (χ2n) is 3.98. The lowest BCUT2D eigenvalue weighted by atomic mass is 10.3. The minimum Gasteiger partial charge on any atom is -0.494 e. The molecule has 0 amide bonds. The molecule has 1 aromatic carbocycles. The van der Waals surface area contributed by atoms with Gasteiger partial charge in [-0.25, -0.2) is 4.79 Å². The van der Waals surface area contributed by atoms with Gasteiger partial charge in [0.25, 0.3) is 0 Å². The molecule has 1 unspecified atom stereocenters. The topological polar surface area (TPSA) is 35.5 Å². The standard InChI is InChI=1S/C14H16Cl2O3Si/c1-3-12(20-14(15)16)9-18-10-5-7-11(8-6-10)19-13(17)4-2/h4-8,12,14H,2-3,9H2,1H3. The van der Waals surface area contributed by atoms with Crippen molar-refractivity contribution in [3.05, 3.63) is 36.9 Å². The SMILES string of the molecule is C=CC(=O)Oc1ccc(OCC(CC)[Si]C(Cl)Cl)cc1. The molecule has 0 fully saturated rings. The fourth-order valence-corrected chi connectivity index (χ4v) is 3.26. The smallest absolute Gasteiger partial charge is 0.335 e. The molecule has 20 heavy (non-hydrogen) atoms. The van der Waals surface area contributed by atoms with E-state index in [4.69, 9.17) is 32.7 Å². The molecule has 0 saturated carbocycles. The van der Waals surface area contributed by atoms with Crippen LogP contribution in [-0.2, 0) is 4.79 Å². The summed E-state index contributed by atoms with van der Waals surface area (Å²) in [5, 5.41) is 0. The molecular formula is C14H16Cl2O3Si. The summed E-state index contributed by atoms with van der Waals surface area (Å²) in [4.78, 5) is 11.0. The third kappa shape index (κ3) is 6.46. The van der Waals surface area contributed by atoms with Gasteiger partial charge in [-0.2, -0.15) is 0 Å². The van der Waals surface area contributed by atoms with Crippen LogP contribution in [0.15, 0.2) is 36.9 Å². The number of benzene rings is 1. The zero-order chi connectivity index (χ0) is 15.0. The van der Waals surface area contributed by atoms with Gasteiger partial charge < -0.3 is 9.47 Å². The summed E-state index contributed by atoms with van der Waals surface area (Å²) >= 11 is 11.6. The van der Waals surface area contributed by atoms with Crippen molar-refractivity contribution in [2.45, 2.75) is 23.3 Å². The number of hydrogen-bond donors (Lipinski definition) is 0. The molecule has 0 N–H and O–H groups in total. The van der Waals surface area contributed by atoms with Crippen LogP contribution in [0.3, 0.4) is 0 Å². The summed E-state index contributed by atoms with van der Waals surface area (Å²) in [6.45, 7) is 5.98. The van der Waals surface area contributed by atoms with Crippen LogP contribution in [0.5, 0.6) is 11.5 Å². The molecule has 0 bridgehead atoms. The first-order valence-corrected chi connectivity index (χ1v) is 8.19. The maximum Gasteiger partial charge on any atom is 0.335 e. The molecule has 2 radical (unpaired) electrons. The van der Waals surface area contributed by atoms with Crippen molar-refractivity contribution >= 4 is 38.7 Å². The lowest BCUT2D eigenvalue weighted by Gasteiger charge is -2.15. The lowest BCUT2D eigenvalue weighted by molar-refractivity contribution is -0.128. The molecule has 0 aliphatic rings. The first-order chi connectivity index (χ1) is 9.55. The first kappa shape index (κ1) is 17.1. The largest absolute Gasteiger partial charge is 0.494 e. The number of carbonyl (C=O) groups is 1. The Morgan fingerprint density at radius 2 is 1.95 bits per heavy atom. The van der Waals surface area contributed by atoms with Gasteiger partial charge in [-0.15, -0.1) is 23.2 Å². The Bertz CT molecular complexity index is 435. The van der Waals surface area contributed by atoms with Gasteiger partial charge in [0, 0.05) is 6.08 Å². The molecule has 0 aromatic heterocycles. The van der Waals surface area contributed by atoms with E-state index in [0.717, 1.165) is 12.5 Å². The van der Waals surface area contributed by atoms with Crippen molar-refractivity contribution in [2.24, 2.45) is 0 Å². The molecule has 6 heteroatoms. The Balaban J connectivity index is 2.48. The van der Waals surface area contributed by atoms with Gasteiger partial charge in [0.05, 0.1) is 20.6 Å². The molecule has 0 spiro atoms. The summed E-state index contributed by atoms with van der Waals surface area (Å²) < 4.78 is 10.3. The first-order valence-electron chi connectivity index (χ1n) is 6.16. The maximum absolute atomic E-state index is 11.0. The molecule has 0 heterocycles. The van der Waals surface area contributed by atoms with Crippen LogP contribution in [0.1, 0.15) is 13.3 Å². The molecule has 1 aromatic rings. The fourth-order valence-electron chi connectivity index (χ4n) is 1.42. The normalized spacial score (nSPS) is 12.0. The average Bonchev–Trinajstić information content (AvgIpc) is 2.44.